The van der Waals surface area contributed by atoms with Crippen molar-refractivity contribution in [1.82, 2.24) is 15.1 Å². The van der Waals surface area contributed by atoms with E-state index < -0.39 is 17.9 Å². The van der Waals surface area contributed by atoms with Crippen molar-refractivity contribution in [2.24, 2.45) is 0 Å². The minimum atomic E-state index is -1.06. The molecule has 0 aliphatic heterocycles. The minimum Gasteiger partial charge on any atom is -0.481 e. The number of aliphatic carboxylic acids is 1. The highest BCUT2D eigenvalue weighted by molar-refractivity contribution is 5.95. The summed E-state index contributed by atoms with van der Waals surface area (Å²) in [5.74, 6) is -1.63. The lowest BCUT2D eigenvalue weighted by Crippen LogP contribution is -2.49. The number of carbonyl (C=O) groups is 3. The van der Waals surface area contributed by atoms with Crippen molar-refractivity contribution in [3.05, 3.63) is 0 Å². The van der Waals surface area contributed by atoms with Gasteiger partial charge < -0.3 is 14.9 Å². The predicted octanol–water partition coefficient (Wildman–Crippen LogP) is 0.359. The summed E-state index contributed by atoms with van der Waals surface area (Å²) >= 11 is 0. The number of imide groups is 1. The van der Waals surface area contributed by atoms with Crippen LogP contribution in [0.5, 0.6) is 0 Å². The van der Waals surface area contributed by atoms with Crippen LogP contribution in [-0.4, -0.2) is 66.0 Å². The molecule has 0 aromatic carbocycles. The van der Waals surface area contributed by atoms with Gasteiger partial charge in [-0.25, -0.2) is 4.79 Å². The Balaban J connectivity index is 4.35. The first-order valence-electron chi connectivity index (χ1n) is 6.24. The molecular weight excluding hydrogens is 250 g/mol. The molecule has 19 heavy (non-hydrogen) atoms. The monoisotopic (exact) mass is 273 g/mol. The first-order valence-corrected chi connectivity index (χ1v) is 6.24. The van der Waals surface area contributed by atoms with Gasteiger partial charge in [0.25, 0.3) is 0 Å². The molecule has 0 aliphatic rings. The highest BCUT2D eigenvalue weighted by Gasteiger charge is 2.20. The fourth-order valence-electron chi connectivity index (χ4n) is 1.76. The Hall–Kier alpha value is -1.63. The molecule has 0 heterocycles. The minimum absolute atomic E-state index is 0.0349. The Bertz CT molecular complexity index is 331. The highest BCUT2D eigenvalue weighted by Crippen LogP contribution is 2.01. The van der Waals surface area contributed by atoms with Crippen molar-refractivity contribution in [3.8, 4) is 0 Å². The van der Waals surface area contributed by atoms with E-state index in [-0.39, 0.29) is 18.9 Å². The lowest BCUT2D eigenvalue weighted by atomic mass is 10.2. The molecule has 7 heteroatoms. The number of rotatable bonds is 7. The zero-order valence-electron chi connectivity index (χ0n) is 12.0. The Kier molecular flexibility index (Phi) is 7.74. The summed E-state index contributed by atoms with van der Waals surface area (Å²) in [6.45, 7) is 4.88. The van der Waals surface area contributed by atoms with Gasteiger partial charge in [0.1, 0.15) is 0 Å². The number of amides is 3. The zero-order valence-corrected chi connectivity index (χ0v) is 12.0. The molecule has 1 unspecified atom stereocenters. The van der Waals surface area contributed by atoms with Gasteiger partial charge in [0, 0.05) is 25.6 Å². The van der Waals surface area contributed by atoms with E-state index in [9.17, 15) is 14.4 Å². The number of urea groups is 1. The lowest BCUT2D eigenvalue weighted by molar-refractivity contribution is -0.138. The third kappa shape index (κ3) is 7.40. The number of hydrogen-bond donors (Lipinski definition) is 2. The van der Waals surface area contributed by atoms with Gasteiger partial charge in [-0.15, -0.1) is 0 Å². The molecular formula is C12H23N3O4. The number of nitrogens with zero attached hydrogens (tertiary/aromatic N) is 2. The molecule has 0 aromatic heterocycles. The molecule has 1 atom stereocenters. The van der Waals surface area contributed by atoms with Crippen molar-refractivity contribution in [3.63, 3.8) is 0 Å². The smallest absolute Gasteiger partial charge is 0.324 e. The van der Waals surface area contributed by atoms with E-state index in [1.54, 1.807) is 4.90 Å². The molecule has 0 aliphatic carbocycles. The summed E-state index contributed by atoms with van der Waals surface area (Å²) in [6.07, 6.45) is -0.473. The van der Waals surface area contributed by atoms with Gasteiger partial charge in [0.2, 0.25) is 5.91 Å². The highest BCUT2D eigenvalue weighted by atomic mass is 16.4. The van der Waals surface area contributed by atoms with Gasteiger partial charge in [-0.05, 0) is 27.9 Å². The van der Waals surface area contributed by atoms with Crippen LogP contribution in [0.2, 0.25) is 0 Å². The molecule has 0 rings (SSSR count). The molecule has 0 radical (unpaired) electrons. The van der Waals surface area contributed by atoms with Crippen LogP contribution < -0.4 is 5.32 Å². The second-order valence-electron chi connectivity index (χ2n) is 4.64. The molecule has 0 spiro atoms. The number of likely N-dealkylation sites (N-methyl/N-ethyl adjacent to an activating group) is 2. The first kappa shape index (κ1) is 17.4. The van der Waals surface area contributed by atoms with E-state index in [2.05, 4.69) is 5.32 Å². The summed E-state index contributed by atoms with van der Waals surface area (Å²) in [5, 5.41) is 10.7. The van der Waals surface area contributed by atoms with Crippen molar-refractivity contribution >= 4 is 17.9 Å². The molecule has 0 aromatic rings. The Morgan fingerprint density at radius 2 is 1.79 bits per heavy atom. The number of carboxylic acid groups (broad SMARTS) is 1. The zero-order chi connectivity index (χ0) is 15.0. The largest absolute Gasteiger partial charge is 0.481 e. The SMILES string of the molecule is CCN(C(=O)NC(=O)CCC(=O)O)C(C)CN(C)C. The van der Waals surface area contributed by atoms with E-state index in [1.165, 1.54) is 0 Å². The van der Waals surface area contributed by atoms with Gasteiger partial charge in [-0.3, -0.25) is 14.9 Å². The fraction of sp³-hybridized carbons (Fsp3) is 0.750. The molecule has 0 fully saturated rings. The Labute approximate surface area is 113 Å². The van der Waals surface area contributed by atoms with Crippen molar-refractivity contribution in [2.75, 3.05) is 27.2 Å². The maximum atomic E-state index is 11.9. The van der Waals surface area contributed by atoms with Crippen LogP contribution in [0.3, 0.4) is 0 Å². The van der Waals surface area contributed by atoms with Gasteiger partial charge in [-0.2, -0.15) is 0 Å². The maximum absolute atomic E-state index is 11.9. The van der Waals surface area contributed by atoms with Crippen molar-refractivity contribution < 1.29 is 19.5 Å². The van der Waals surface area contributed by atoms with Crippen LogP contribution in [0.15, 0.2) is 0 Å². The summed E-state index contributed by atoms with van der Waals surface area (Å²) < 4.78 is 0. The third-order valence-electron chi connectivity index (χ3n) is 2.58. The second-order valence-corrected chi connectivity index (χ2v) is 4.64. The maximum Gasteiger partial charge on any atom is 0.324 e. The quantitative estimate of drug-likeness (QED) is 0.699. The molecule has 0 bridgehead atoms. The number of carbonyl (C=O) groups excluding carboxylic acids is 2. The van der Waals surface area contributed by atoms with Crippen LogP contribution in [0.1, 0.15) is 26.7 Å². The van der Waals surface area contributed by atoms with Crippen LogP contribution in [-0.2, 0) is 9.59 Å². The van der Waals surface area contributed by atoms with Crippen LogP contribution in [0, 0.1) is 0 Å². The standard InChI is InChI=1S/C12H23N3O4/c1-5-15(9(2)8-14(3)4)12(19)13-10(16)6-7-11(17)18/h9H,5-8H2,1-4H3,(H,17,18)(H,13,16,19). The molecule has 7 nitrogen and oxygen atoms in total. The molecule has 110 valence electrons. The van der Waals surface area contributed by atoms with Gasteiger partial charge in [0.05, 0.1) is 6.42 Å². The van der Waals surface area contributed by atoms with Gasteiger partial charge in [0.15, 0.2) is 0 Å². The van der Waals surface area contributed by atoms with E-state index in [4.69, 9.17) is 5.11 Å². The number of carboxylic acids is 1. The average molecular weight is 273 g/mol. The number of hydrogen-bond acceptors (Lipinski definition) is 4. The average Bonchev–Trinajstić information content (AvgIpc) is 2.26. The predicted molar refractivity (Wildman–Crippen MR) is 70.8 cm³/mol. The van der Waals surface area contributed by atoms with Crippen molar-refractivity contribution in [1.29, 1.82) is 0 Å². The van der Waals surface area contributed by atoms with Crippen LogP contribution >= 0.6 is 0 Å². The van der Waals surface area contributed by atoms with E-state index in [0.717, 1.165) is 0 Å². The molecule has 0 saturated heterocycles. The summed E-state index contributed by atoms with van der Waals surface area (Å²) in [5.41, 5.74) is 0. The third-order valence-corrected chi connectivity index (χ3v) is 2.58. The molecule has 2 N–H and O–H groups in total. The van der Waals surface area contributed by atoms with Crippen LogP contribution in [0.4, 0.5) is 4.79 Å². The van der Waals surface area contributed by atoms with E-state index in [1.807, 2.05) is 32.8 Å². The summed E-state index contributed by atoms with van der Waals surface area (Å²) in [6, 6.07) is -0.514. The van der Waals surface area contributed by atoms with Gasteiger partial charge >= 0.3 is 12.0 Å². The molecule has 0 saturated carbocycles. The summed E-state index contributed by atoms with van der Waals surface area (Å²) in [7, 11) is 3.81. The first-order chi connectivity index (χ1) is 8.77. The second kappa shape index (κ2) is 8.47. The van der Waals surface area contributed by atoms with Crippen LogP contribution in [0.25, 0.3) is 0 Å². The fourth-order valence-corrected chi connectivity index (χ4v) is 1.76. The summed E-state index contributed by atoms with van der Waals surface area (Å²) in [4.78, 5) is 37.1. The van der Waals surface area contributed by atoms with E-state index >= 15 is 0 Å². The Morgan fingerprint density at radius 3 is 2.21 bits per heavy atom. The molecule has 3 amide bonds. The Morgan fingerprint density at radius 1 is 1.21 bits per heavy atom. The van der Waals surface area contributed by atoms with Gasteiger partial charge in [-0.1, -0.05) is 0 Å². The topological polar surface area (TPSA) is 90.0 Å². The normalized spacial score (nSPS) is 12.1. The van der Waals surface area contributed by atoms with Crippen molar-refractivity contribution in [2.45, 2.75) is 32.7 Å². The number of nitrogens with one attached hydrogen (secondary N) is 1. The lowest BCUT2D eigenvalue weighted by Gasteiger charge is -2.29. The van der Waals surface area contributed by atoms with E-state index in [0.29, 0.717) is 13.1 Å².